The maximum Gasteiger partial charge on any atom is 0.230 e. The molecule has 1 aliphatic carbocycles. The zero-order valence-corrected chi connectivity index (χ0v) is 11.7. The minimum atomic E-state index is -0.285. The van der Waals surface area contributed by atoms with E-state index in [2.05, 4.69) is 12.2 Å². The van der Waals surface area contributed by atoms with Crippen LogP contribution in [0, 0.1) is 11.8 Å². The lowest BCUT2D eigenvalue weighted by Crippen LogP contribution is -2.44. The van der Waals surface area contributed by atoms with E-state index in [0.29, 0.717) is 16.9 Å². The molecule has 0 aromatic heterocycles. The number of carbonyl (C=O) groups is 1. The van der Waals surface area contributed by atoms with Gasteiger partial charge < -0.3 is 11.1 Å². The molecule has 3 nitrogen and oxygen atoms in total. The van der Waals surface area contributed by atoms with Crippen molar-refractivity contribution in [3.63, 3.8) is 0 Å². The summed E-state index contributed by atoms with van der Waals surface area (Å²) >= 11 is 4.97. The van der Waals surface area contributed by atoms with E-state index < -0.39 is 0 Å². The molecule has 0 aliphatic heterocycles. The SMILES string of the molecule is CCCC(C(=O)NC1CCCC(C)C1)C(N)=S. The quantitative estimate of drug-likeness (QED) is 0.743. The predicted octanol–water partition coefficient (Wildman–Crippen LogP) is 2.38. The molecular weight excluding hydrogens is 232 g/mol. The van der Waals surface area contributed by atoms with Crippen LogP contribution in [-0.4, -0.2) is 16.9 Å². The van der Waals surface area contributed by atoms with E-state index in [9.17, 15) is 4.79 Å². The number of hydrogen-bond acceptors (Lipinski definition) is 2. The van der Waals surface area contributed by atoms with Crippen molar-refractivity contribution >= 4 is 23.1 Å². The molecular formula is C13H24N2OS. The van der Waals surface area contributed by atoms with Crippen LogP contribution in [0.15, 0.2) is 0 Å². The van der Waals surface area contributed by atoms with E-state index in [1.54, 1.807) is 0 Å². The molecule has 17 heavy (non-hydrogen) atoms. The summed E-state index contributed by atoms with van der Waals surface area (Å²) in [5.74, 6) is 0.453. The highest BCUT2D eigenvalue weighted by Gasteiger charge is 2.25. The molecule has 0 bridgehead atoms. The Labute approximate surface area is 110 Å². The van der Waals surface area contributed by atoms with Gasteiger partial charge in [0.1, 0.15) is 0 Å². The van der Waals surface area contributed by atoms with Crippen molar-refractivity contribution in [2.75, 3.05) is 0 Å². The molecule has 1 rings (SSSR count). The van der Waals surface area contributed by atoms with Gasteiger partial charge in [-0.15, -0.1) is 0 Å². The van der Waals surface area contributed by atoms with Gasteiger partial charge in [0.05, 0.1) is 10.9 Å². The first-order valence-corrected chi connectivity index (χ1v) is 7.05. The first-order valence-electron chi connectivity index (χ1n) is 6.64. The molecule has 1 fully saturated rings. The van der Waals surface area contributed by atoms with Gasteiger partial charge in [0.15, 0.2) is 0 Å². The Morgan fingerprint density at radius 3 is 2.76 bits per heavy atom. The molecule has 0 heterocycles. The van der Waals surface area contributed by atoms with Crippen LogP contribution in [-0.2, 0) is 4.79 Å². The van der Waals surface area contributed by atoms with E-state index in [1.165, 1.54) is 12.8 Å². The Bertz CT molecular complexity index is 281. The summed E-state index contributed by atoms with van der Waals surface area (Å²) in [4.78, 5) is 12.4. The van der Waals surface area contributed by atoms with Crippen LogP contribution in [0.2, 0.25) is 0 Å². The topological polar surface area (TPSA) is 55.1 Å². The van der Waals surface area contributed by atoms with Gasteiger partial charge in [-0.05, 0) is 25.2 Å². The van der Waals surface area contributed by atoms with Gasteiger partial charge in [0.25, 0.3) is 0 Å². The molecule has 3 atom stereocenters. The molecule has 0 aromatic rings. The smallest absolute Gasteiger partial charge is 0.230 e. The monoisotopic (exact) mass is 256 g/mol. The molecule has 0 radical (unpaired) electrons. The highest BCUT2D eigenvalue weighted by atomic mass is 32.1. The Hall–Kier alpha value is -0.640. The van der Waals surface area contributed by atoms with Crippen LogP contribution < -0.4 is 11.1 Å². The predicted molar refractivity (Wildman–Crippen MR) is 74.7 cm³/mol. The first-order chi connectivity index (χ1) is 8.04. The summed E-state index contributed by atoms with van der Waals surface area (Å²) in [7, 11) is 0. The highest BCUT2D eigenvalue weighted by Crippen LogP contribution is 2.23. The number of carbonyl (C=O) groups excluding carboxylic acids is 1. The Balaban J connectivity index is 2.48. The van der Waals surface area contributed by atoms with E-state index >= 15 is 0 Å². The molecule has 0 spiro atoms. The van der Waals surface area contributed by atoms with Crippen LogP contribution in [0.25, 0.3) is 0 Å². The molecule has 3 unspecified atom stereocenters. The van der Waals surface area contributed by atoms with Crippen molar-refractivity contribution in [1.82, 2.24) is 5.32 Å². The van der Waals surface area contributed by atoms with Gasteiger partial charge in [-0.1, -0.05) is 45.3 Å². The van der Waals surface area contributed by atoms with Crippen molar-refractivity contribution in [3.8, 4) is 0 Å². The summed E-state index contributed by atoms with van der Waals surface area (Å²) < 4.78 is 0. The lowest BCUT2D eigenvalue weighted by Gasteiger charge is -2.28. The first kappa shape index (κ1) is 14.4. The normalized spacial score (nSPS) is 26.2. The fraction of sp³-hybridized carbons (Fsp3) is 0.846. The van der Waals surface area contributed by atoms with Gasteiger partial charge in [-0.2, -0.15) is 0 Å². The number of amides is 1. The number of rotatable bonds is 5. The molecule has 3 N–H and O–H groups in total. The summed E-state index contributed by atoms with van der Waals surface area (Å²) in [5, 5.41) is 3.11. The van der Waals surface area contributed by atoms with Gasteiger partial charge in [0.2, 0.25) is 5.91 Å². The molecule has 1 saturated carbocycles. The van der Waals surface area contributed by atoms with Crippen LogP contribution in [0.1, 0.15) is 52.4 Å². The van der Waals surface area contributed by atoms with E-state index in [0.717, 1.165) is 25.7 Å². The fourth-order valence-corrected chi connectivity index (χ4v) is 2.78. The van der Waals surface area contributed by atoms with E-state index in [-0.39, 0.29) is 11.8 Å². The van der Waals surface area contributed by atoms with Crippen molar-refractivity contribution in [3.05, 3.63) is 0 Å². The average Bonchev–Trinajstić information content (AvgIpc) is 2.25. The maximum absolute atomic E-state index is 12.1. The van der Waals surface area contributed by atoms with Crippen LogP contribution in [0.4, 0.5) is 0 Å². The zero-order chi connectivity index (χ0) is 12.8. The summed E-state index contributed by atoms with van der Waals surface area (Å²) in [5.41, 5.74) is 5.63. The third-order valence-corrected chi connectivity index (χ3v) is 3.80. The maximum atomic E-state index is 12.1. The molecule has 4 heteroatoms. The summed E-state index contributed by atoms with van der Waals surface area (Å²) in [6, 6.07) is 0.319. The van der Waals surface area contributed by atoms with Crippen molar-refractivity contribution < 1.29 is 4.79 Å². The molecule has 0 saturated heterocycles. The standard InChI is InChI=1S/C13H24N2OS/c1-3-5-11(12(14)17)13(16)15-10-7-4-6-9(2)8-10/h9-11H,3-8H2,1-2H3,(H2,14,17)(H,15,16). The highest BCUT2D eigenvalue weighted by molar-refractivity contribution is 7.80. The second-order valence-corrected chi connectivity index (χ2v) is 5.69. The van der Waals surface area contributed by atoms with Gasteiger partial charge >= 0.3 is 0 Å². The van der Waals surface area contributed by atoms with Gasteiger partial charge in [-0.25, -0.2) is 0 Å². The largest absolute Gasteiger partial charge is 0.393 e. The summed E-state index contributed by atoms with van der Waals surface area (Å²) in [6.45, 7) is 4.29. The van der Waals surface area contributed by atoms with E-state index in [4.69, 9.17) is 18.0 Å². The van der Waals surface area contributed by atoms with Gasteiger partial charge in [-0.3, -0.25) is 4.79 Å². The van der Waals surface area contributed by atoms with Crippen LogP contribution in [0.3, 0.4) is 0 Å². The Kier molecular flexibility index (Phi) is 5.89. The number of nitrogens with one attached hydrogen (secondary N) is 1. The number of hydrogen-bond donors (Lipinski definition) is 2. The fourth-order valence-electron chi connectivity index (χ4n) is 2.56. The summed E-state index contributed by atoms with van der Waals surface area (Å²) in [6.07, 6.45) is 6.34. The van der Waals surface area contributed by atoms with Crippen molar-refractivity contribution in [2.24, 2.45) is 17.6 Å². The number of thiocarbonyl (C=S) groups is 1. The van der Waals surface area contributed by atoms with Crippen molar-refractivity contribution in [2.45, 2.75) is 58.4 Å². The van der Waals surface area contributed by atoms with Gasteiger partial charge in [0, 0.05) is 6.04 Å². The minimum Gasteiger partial charge on any atom is -0.393 e. The minimum absolute atomic E-state index is 0.0263. The molecule has 1 aliphatic rings. The zero-order valence-electron chi connectivity index (χ0n) is 10.9. The number of nitrogens with two attached hydrogens (primary N) is 1. The molecule has 1 amide bonds. The molecule has 98 valence electrons. The van der Waals surface area contributed by atoms with Crippen molar-refractivity contribution in [1.29, 1.82) is 0 Å². The van der Waals surface area contributed by atoms with Crippen LogP contribution in [0.5, 0.6) is 0 Å². The Morgan fingerprint density at radius 2 is 2.24 bits per heavy atom. The third-order valence-electron chi connectivity index (χ3n) is 3.52. The Morgan fingerprint density at radius 1 is 1.53 bits per heavy atom. The molecule has 0 aromatic carbocycles. The second-order valence-electron chi connectivity index (χ2n) is 5.22. The third kappa shape index (κ3) is 4.62. The van der Waals surface area contributed by atoms with E-state index in [1.807, 2.05) is 6.92 Å². The second kappa shape index (κ2) is 6.94. The lowest BCUT2D eigenvalue weighted by molar-refractivity contribution is -0.124. The average molecular weight is 256 g/mol. The lowest BCUT2D eigenvalue weighted by atomic mass is 9.86. The van der Waals surface area contributed by atoms with Crippen LogP contribution >= 0.6 is 12.2 Å².